The summed E-state index contributed by atoms with van der Waals surface area (Å²) >= 11 is 0. The summed E-state index contributed by atoms with van der Waals surface area (Å²) in [5.41, 5.74) is 3.19. The standard InChI is InChI=1S/C19H25FN2O2/c1-4-21(5-2)19(23)14-7-9-17-18(14)15-12-13(24-3)6-8-16(15)22(17)11-10-20/h6,8,12,14H,4-5,7,9-11H2,1-3H3/i20-1. The lowest BCUT2D eigenvalue weighted by molar-refractivity contribution is -0.132. The van der Waals surface area contributed by atoms with E-state index in [1.165, 1.54) is 0 Å². The topological polar surface area (TPSA) is 34.5 Å². The Balaban J connectivity index is 2.15. The third kappa shape index (κ3) is 2.56. The molecule has 1 unspecified atom stereocenters. The van der Waals surface area contributed by atoms with Crippen LogP contribution in [0.2, 0.25) is 0 Å². The zero-order valence-electron chi connectivity index (χ0n) is 14.6. The predicted octanol–water partition coefficient (Wildman–Crippen LogP) is 3.52. The number of aromatic nitrogens is 1. The van der Waals surface area contributed by atoms with Crippen LogP contribution < -0.4 is 4.74 Å². The lowest BCUT2D eigenvalue weighted by Crippen LogP contribution is -2.34. The SMILES string of the molecule is CCN(CC)C(=O)C1CCc2c1c1cc(OC)ccc1n2CC[18F]. The minimum Gasteiger partial charge on any atom is -0.497 e. The molecule has 4 nitrogen and oxygen atoms in total. The Morgan fingerprint density at radius 1 is 1.38 bits per heavy atom. The zero-order chi connectivity index (χ0) is 17.3. The van der Waals surface area contributed by atoms with E-state index in [1.807, 2.05) is 41.5 Å². The molecule has 0 saturated carbocycles. The van der Waals surface area contributed by atoms with E-state index < -0.39 is 6.67 Å². The van der Waals surface area contributed by atoms with Gasteiger partial charge in [0.15, 0.2) is 0 Å². The number of ether oxygens (including phenoxy) is 1. The Morgan fingerprint density at radius 2 is 2.12 bits per heavy atom. The summed E-state index contributed by atoms with van der Waals surface area (Å²) in [4.78, 5) is 14.8. The summed E-state index contributed by atoms with van der Waals surface area (Å²) < 4.78 is 20.5. The highest BCUT2D eigenvalue weighted by Crippen LogP contribution is 2.42. The number of likely N-dealkylation sites (N-methyl/N-ethyl adjacent to an activating group) is 1. The first-order valence-electron chi connectivity index (χ1n) is 8.69. The van der Waals surface area contributed by atoms with Gasteiger partial charge in [-0.2, -0.15) is 0 Å². The second-order valence-electron chi connectivity index (χ2n) is 6.19. The minimum absolute atomic E-state index is 0.129. The quantitative estimate of drug-likeness (QED) is 0.812. The second-order valence-corrected chi connectivity index (χ2v) is 6.19. The van der Waals surface area contributed by atoms with E-state index in [-0.39, 0.29) is 11.8 Å². The Labute approximate surface area is 142 Å². The van der Waals surface area contributed by atoms with Gasteiger partial charge in [-0.25, -0.2) is 4.39 Å². The van der Waals surface area contributed by atoms with Gasteiger partial charge < -0.3 is 14.2 Å². The zero-order valence-corrected chi connectivity index (χ0v) is 14.6. The third-order valence-electron chi connectivity index (χ3n) is 5.12. The van der Waals surface area contributed by atoms with Gasteiger partial charge in [-0.1, -0.05) is 0 Å². The van der Waals surface area contributed by atoms with Crippen LogP contribution in [-0.4, -0.2) is 42.2 Å². The van der Waals surface area contributed by atoms with Gasteiger partial charge in [0.1, 0.15) is 12.4 Å². The fraction of sp³-hybridized carbons (Fsp3) is 0.526. The summed E-state index contributed by atoms with van der Waals surface area (Å²) in [6, 6.07) is 5.85. The molecule has 0 spiro atoms. The van der Waals surface area contributed by atoms with Crippen molar-refractivity contribution in [3.8, 4) is 5.75 Å². The van der Waals surface area contributed by atoms with Gasteiger partial charge in [-0.05, 0) is 50.5 Å². The van der Waals surface area contributed by atoms with Crippen LogP contribution in [0.3, 0.4) is 0 Å². The molecule has 24 heavy (non-hydrogen) atoms. The van der Waals surface area contributed by atoms with Gasteiger partial charge in [0.2, 0.25) is 5.91 Å². The smallest absolute Gasteiger partial charge is 0.230 e. The van der Waals surface area contributed by atoms with Gasteiger partial charge in [-0.15, -0.1) is 0 Å². The van der Waals surface area contributed by atoms with E-state index in [0.29, 0.717) is 19.6 Å². The van der Waals surface area contributed by atoms with E-state index in [4.69, 9.17) is 4.74 Å². The van der Waals surface area contributed by atoms with Crippen LogP contribution in [-0.2, 0) is 17.8 Å². The fourth-order valence-electron chi connectivity index (χ4n) is 3.97. The molecule has 3 rings (SSSR count). The van der Waals surface area contributed by atoms with Crippen molar-refractivity contribution in [2.45, 2.75) is 39.2 Å². The molecule has 1 aromatic heterocycles. The molecule has 1 aliphatic rings. The Morgan fingerprint density at radius 3 is 2.75 bits per heavy atom. The van der Waals surface area contributed by atoms with Crippen LogP contribution in [0.4, 0.5) is 4.39 Å². The van der Waals surface area contributed by atoms with Crippen molar-refractivity contribution in [1.29, 1.82) is 0 Å². The van der Waals surface area contributed by atoms with E-state index in [0.717, 1.165) is 40.8 Å². The maximum atomic E-state index is 13.1. The van der Waals surface area contributed by atoms with Crippen molar-refractivity contribution in [2.24, 2.45) is 0 Å². The number of alkyl halides is 1. The number of nitrogens with zero attached hydrogens (tertiary/aromatic N) is 2. The molecule has 1 amide bonds. The number of amides is 1. The number of halogens is 1. The second kappa shape index (κ2) is 6.83. The summed E-state index contributed by atoms with van der Waals surface area (Å²) in [7, 11) is 1.64. The minimum atomic E-state index is -0.406. The van der Waals surface area contributed by atoms with Gasteiger partial charge in [0.05, 0.1) is 19.6 Å². The van der Waals surface area contributed by atoms with Crippen molar-refractivity contribution < 1.29 is 13.9 Å². The molecule has 5 heteroatoms. The first kappa shape index (κ1) is 16.8. The number of aryl methyl sites for hydroxylation is 1. The van der Waals surface area contributed by atoms with E-state index in [1.54, 1.807) is 7.11 Å². The molecule has 2 aromatic rings. The molecule has 1 atom stereocenters. The molecule has 0 N–H and O–H groups in total. The largest absolute Gasteiger partial charge is 0.497 e. The summed E-state index contributed by atoms with van der Waals surface area (Å²) in [6.45, 7) is 5.38. The van der Waals surface area contributed by atoms with Gasteiger partial charge in [0, 0.05) is 29.7 Å². The van der Waals surface area contributed by atoms with E-state index in [2.05, 4.69) is 0 Å². The molecule has 0 aliphatic heterocycles. The number of hydrogen-bond acceptors (Lipinski definition) is 2. The van der Waals surface area contributed by atoms with Crippen LogP contribution >= 0.6 is 0 Å². The molecule has 1 aliphatic carbocycles. The van der Waals surface area contributed by atoms with E-state index >= 15 is 0 Å². The van der Waals surface area contributed by atoms with Crippen LogP contribution in [0.5, 0.6) is 5.75 Å². The van der Waals surface area contributed by atoms with Crippen molar-refractivity contribution in [1.82, 2.24) is 9.47 Å². The van der Waals surface area contributed by atoms with E-state index in [9.17, 15) is 9.18 Å². The Hall–Kier alpha value is -2.04. The maximum absolute atomic E-state index is 13.1. The number of hydrogen-bond donors (Lipinski definition) is 0. The van der Waals surface area contributed by atoms with Gasteiger partial charge >= 0.3 is 0 Å². The number of fused-ring (bicyclic) bond motifs is 3. The summed E-state index contributed by atoms with van der Waals surface area (Å²) in [5, 5.41) is 1.03. The molecule has 0 saturated heterocycles. The Bertz CT molecular complexity index is 749. The lowest BCUT2D eigenvalue weighted by atomic mass is 9.98. The lowest BCUT2D eigenvalue weighted by Gasteiger charge is -2.23. The molecule has 1 aromatic carbocycles. The number of carbonyl (C=O) groups is 1. The van der Waals surface area contributed by atoms with Gasteiger partial charge in [-0.3, -0.25) is 4.79 Å². The van der Waals surface area contributed by atoms with Gasteiger partial charge in [0.25, 0.3) is 0 Å². The monoisotopic (exact) mass is 331 g/mol. The molecular weight excluding hydrogens is 306 g/mol. The molecule has 0 bridgehead atoms. The first-order chi connectivity index (χ1) is 11.7. The fourth-order valence-corrected chi connectivity index (χ4v) is 3.97. The average Bonchev–Trinajstić information content (AvgIpc) is 3.15. The van der Waals surface area contributed by atoms with Crippen LogP contribution in [0, 0.1) is 0 Å². The maximum Gasteiger partial charge on any atom is 0.230 e. The third-order valence-corrected chi connectivity index (χ3v) is 5.12. The molecule has 1 heterocycles. The van der Waals surface area contributed by atoms with Crippen LogP contribution in [0.15, 0.2) is 18.2 Å². The van der Waals surface area contributed by atoms with Crippen molar-refractivity contribution in [2.75, 3.05) is 26.9 Å². The van der Waals surface area contributed by atoms with Crippen molar-refractivity contribution in [3.05, 3.63) is 29.5 Å². The molecule has 130 valence electrons. The highest BCUT2D eigenvalue weighted by molar-refractivity contribution is 5.95. The number of carbonyl (C=O) groups excluding carboxylic acids is 1. The molecule has 0 radical (unpaired) electrons. The average molecular weight is 331 g/mol. The normalized spacial score (nSPS) is 16.4. The molecular formula is C19H25FN2O2. The van der Waals surface area contributed by atoms with Crippen LogP contribution in [0.25, 0.3) is 10.9 Å². The Kier molecular flexibility index (Phi) is 4.78. The first-order valence-corrected chi connectivity index (χ1v) is 8.69. The van der Waals surface area contributed by atoms with Crippen molar-refractivity contribution in [3.63, 3.8) is 0 Å². The summed E-state index contributed by atoms with van der Waals surface area (Å²) in [6.07, 6.45) is 1.63. The van der Waals surface area contributed by atoms with Crippen molar-refractivity contribution >= 4 is 16.8 Å². The highest BCUT2D eigenvalue weighted by Gasteiger charge is 2.35. The van der Waals surface area contributed by atoms with Crippen LogP contribution in [0.1, 0.15) is 37.4 Å². The number of rotatable bonds is 6. The number of benzene rings is 1. The predicted molar refractivity (Wildman–Crippen MR) is 93.5 cm³/mol. The number of methoxy groups -OCH3 is 1. The molecule has 0 fully saturated rings. The summed E-state index contributed by atoms with van der Waals surface area (Å²) in [5.74, 6) is 0.819. The highest BCUT2D eigenvalue weighted by atomic mass is 18.2.